The van der Waals surface area contributed by atoms with E-state index in [1.807, 2.05) is 39.1 Å². The molecular formula is C16H21NO2. The summed E-state index contributed by atoms with van der Waals surface area (Å²) in [5.41, 5.74) is 1.90. The summed E-state index contributed by atoms with van der Waals surface area (Å²) in [6.45, 7) is 4.77. The third kappa shape index (κ3) is 3.44. The van der Waals surface area contributed by atoms with Crippen molar-refractivity contribution in [2.45, 2.75) is 26.7 Å². The first-order valence-corrected chi connectivity index (χ1v) is 6.79. The minimum absolute atomic E-state index is 0.0819. The van der Waals surface area contributed by atoms with E-state index in [2.05, 4.69) is 11.4 Å². The van der Waals surface area contributed by atoms with Gasteiger partial charge in [0.2, 0.25) is 0 Å². The van der Waals surface area contributed by atoms with Gasteiger partial charge in [-0.15, -0.1) is 0 Å². The van der Waals surface area contributed by atoms with E-state index in [1.165, 1.54) is 0 Å². The summed E-state index contributed by atoms with van der Waals surface area (Å²) in [6, 6.07) is 8.10. The van der Waals surface area contributed by atoms with E-state index in [9.17, 15) is 4.79 Å². The molecule has 0 aliphatic heterocycles. The van der Waals surface area contributed by atoms with Crippen LogP contribution in [0.1, 0.15) is 25.2 Å². The van der Waals surface area contributed by atoms with Crippen LogP contribution in [-0.2, 0) is 17.6 Å². The Hall–Kier alpha value is -1.61. The first-order chi connectivity index (χ1) is 9.10. The number of nitrogens with one attached hydrogen (secondary N) is 1. The predicted octanol–water partition coefficient (Wildman–Crippen LogP) is 2.96. The lowest BCUT2D eigenvalue weighted by Crippen LogP contribution is -2.09. The molecule has 1 heterocycles. The summed E-state index contributed by atoms with van der Waals surface area (Å²) in [5.74, 6) is 1.33. The summed E-state index contributed by atoms with van der Waals surface area (Å²) in [7, 11) is 1.93. The number of furan rings is 1. The number of carbonyl (C=O) groups is 1. The highest BCUT2D eigenvalue weighted by atomic mass is 16.3. The van der Waals surface area contributed by atoms with Crippen LogP contribution in [0, 0.1) is 5.92 Å². The number of hydrogen-bond acceptors (Lipinski definition) is 3. The van der Waals surface area contributed by atoms with Crippen molar-refractivity contribution in [3.05, 3.63) is 35.6 Å². The molecule has 0 aliphatic rings. The Labute approximate surface area is 114 Å². The Morgan fingerprint density at radius 2 is 2.11 bits per heavy atom. The summed E-state index contributed by atoms with van der Waals surface area (Å²) in [5, 5.41) is 4.21. The van der Waals surface area contributed by atoms with Gasteiger partial charge in [0.25, 0.3) is 0 Å². The highest BCUT2D eigenvalue weighted by Crippen LogP contribution is 2.21. The number of Topliss-reactive ketones (excluding diaryl/α,β-unsaturated/α-hetero) is 1. The van der Waals surface area contributed by atoms with Crippen LogP contribution in [-0.4, -0.2) is 19.4 Å². The summed E-state index contributed by atoms with van der Waals surface area (Å²) >= 11 is 0. The summed E-state index contributed by atoms with van der Waals surface area (Å²) in [4.78, 5) is 11.8. The van der Waals surface area contributed by atoms with Crippen LogP contribution >= 0.6 is 0 Å². The number of likely N-dealkylation sites (N-methyl/N-ethyl adjacent to an activating group) is 1. The molecule has 0 radical (unpaired) electrons. The Morgan fingerprint density at radius 1 is 1.32 bits per heavy atom. The number of carbonyl (C=O) groups excluding carboxylic acids is 1. The van der Waals surface area contributed by atoms with E-state index >= 15 is 0 Å². The van der Waals surface area contributed by atoms with E-state index < -0.39 is 0 Å². The second-order valence-corrected chi connectivity index (χ2v) is 5.24. The van der Waals surface area contributed by atoms with Gasteiger partial charge in [0.15, 0.2) is 0 Å². The number of fused-ring (bicyclic) bond motifs is 1. The molecule has 0 fully saturated rings. The smallest absolute Gasteiger partial charge is 0.139 e. The fourth-order valence-corrected chi connectivity index (χ4v) is 2.02. The molecule has 2 rings (SSSR count). The van der Waals surface area contributed by atoms with Gasteiger partial charge in [-0.25, -0.2) is 0 Å². The van der Waals surface area contributed by atoms with Gasteiger partial charge in [-0.3, -0.25) is 4.79 Å². The highest BCUT2D eigenvalue weighted by molar-refractivity contribution is 5.85. The van der Waals surface area contributed by atoms with Gasteiger partial charge in [-0.2, -0.15) is 0 Å². The maximum absolute atomic E-state index is 11.8. The molecule has 0 atom stereocenters. The molecule has 0 saturated heterocycles. The minimum atomic E-state index is 0.0819. The molecule has 1 aromatic heterocycles. The normalized spacial score (nSPS) is 11.4. The van der Waals surface area contributed by atoms with Gasteiger partial charge in [0.05, 0.1) is 0 Å². The molecular weight excluding hydrogens is 238 g/mol. The molecule has 2 aromatic rings. The van der Waals surface area contributed by atoms with Gasteiger partial charge >= 0.3 is 0 Å². The molecule has 19 heavy (non-hydrogen) atoms. The fourth-order valence-electron chi connectivity index (χ4n) is 2.02. The van der Waals surface area contributed by atoms with E-state index in [0.29, 0.717) is 6.42 Å². The molecule has 0 bridgehead atoms. The van der Waals surface area contributed by atoms with Crippen molar-refractivity contribution >= 4 is 16.8 Å². The van der Waals surface area contributed by atoms with Crippen molar-refractivity contribution in [2.24, 2.45) is 5.92 Å². The van der Waals surface area contributed by atoms with Crippen LogP contribution < -0.4 is 5.32 Å². The quantitative estimate of drug-likeness (QED) is 0.867. The number of benzene rings is 1. The zero-order valence-corrected chi connectivity index (χ0v) is 11.8. The van der Waals surface area contributed by atoms with E-state index in [-0.39, 0.29) is 11.7 Å². The molecule has 102 valence electrons. The summed E-state index contributed by atoms with van der Waals surface area (Å²) < 4.78 is 5.80. The number of hydrogen-bond donors (Lipinski definition) is 1. The van der Waals surface area contributed by atoms with Crippen molar-refractivity contribution in [1.29, 1.82) is 0 Å². The highest BCUT2D eigenvalue weighted by Gasteiger charge is 2.10. The van der Waals surface area contributed by atoms with Gasteiger partial charge in [-0.05, 0) is 24.7 Å². The first kappa shape index (κ1) is 13.8. The second kappa shape index (κ2) is 6.02. The van der Waals surface area contributed by atoms with Crippen LogP contribution in [0.25, 0.3) is 11.0 Å². The van der Waals surface area contributed by atoms with Crippen LogP contribution in [0.4, 0.5) is 0 Å². The Kier molecular flexibility index (Phi) is 4.38. The second-order valence-electron chi connectivity index (χ2n) is 5.24. The Balaban J connectivity index is 2.18. The molecule has 0 amide bonds. The van der Waals surface area contributed by atoms with Crippen molar-refractivity contribution < 1.29 is 9.21 Å². The van der Waals surface area contributed by atoms with Gasteiger partial charge in [-0.1, -0.05) is 26.0 Å². The van der Waals surface area contributed by atoms with E-state index in [1.54, 1.807) is 0 Å². The van der Waals surface area contributed by atoms with Gasteiger partial charge < -0.3 is 9.73 Å². The van der Waals surface area contributed by atoms with Gasteiger partial charge in [0.1, 0.15) is 17.1 Å². The van der Waals surface area contributed by atoms with E-state index in [4.69, 9.17) is 4.42 Å². The van der Waals surface area contributed by atoms with Crippen molar-refractivity contribution in [1.82, 2.24) is 5.32 Å². The molecule has 0 aliphatic carbocycles. The van der Waals surface area contributed by atoms with Crippen LogP contribution in [0.5, 0.6) is 0 Å². The molecule has 0 spiro atoms. The number of rotatable bonds is 6. The topological polar surface area (TPSA) is 42.2 Å². The van der Waals surface area contributed by atoms with Crippen molar-refractivity contribution in [3.8, 4) is 0 Å². The lowest BCUT2D eigenvalue weighted by Gasteiger charge is -2.03. The van der Waals surface area contributed by atoms with Crippen LogP contribution in [0.15, 0.2) is 28.7 Å². The Bertz CT molecular complexity index is 569. The molecule has 1 N–H and O–H groups in total. The molecule has 3 heteroatoms. The fraction of sp³-hybridized carbons (Fsp3) is 0.438. The van der Waals surface area contributed by atoms with E-state index in [0.717, 1.165) is 35.3 Å². The zero-order chi connectivity index (χ0) is 13.8. The Morgan fingerprint density at radius 3 is 2.79 bits per heavy atom. The molecule has 1 aromatic carbocycles. The van der Waals surface area contributed by atoms with Crippen molar-refractivity contribution in [3.63, 3.8) is 0 Å². The van der Waals surface area contributed by atoms with Crippen LogP contribution in [0.2, 0.25) is 0 Å². The monoisotopic (exact) mass is 259 g/mol. The zero-order valence-electron chi connectivity index (χ0n) is 11.8. The first-order valence-electron chi connectivity index (χ1n) is 6.79. The molecule has 0 saturated carbocycles. The SMILES string of the molecule is CNCCc1cc2ccc(CC(=O)C(C)C)cc2o1. The molecule has 0 unspecified atom stereocenters. The lowest BCUT2D eigenvalue weighted by atomic mass is 10.0. The maximum Gasteiger partial charge on any atom is 0.139 e. The summed E-state index contributed by atoms with van der Waals surface area (Å²) in [6.07, 6.45) is 1.37. The third-order valence-electron chi connectivity index (χ3n) is 3.28. The van der Waals surface area contributed by atoms with Gasteiger partial charge in [0, 0.05) is 30.7 Å². The van der Waals surface area contributed by atoms with Crippen molar-refractivity contribution in [2.75, 3.05) is 13.6 Å². The average Bonchev–Trinajstić information content (AvgIpc) is 2.78. The standard InChI is InChI=1S/C16H21NO2/c1-11(2)15(18)8-12-4-5-13-10-14(6-7-17-3)19-16(13)9-12/h4-5,9-11,17H,6-8H2,1-3H3. The maximum atomic E-state index is 11.8. The minimum Gasteiger partial charge on any atom is -0.461 e. The van der Waals surface area contributed by atoms with Crippen LogP contribution in [0.3, 0.4) is 0 Å². The molecule has 3 nitrogen and oxygen atoms in total. The third-order valence-corrected chi connectivity index (χ3v) is 3.28. The predicted molar refractivity (Wildman–Crippen MR) is 77.4 cm³/mol. The largest absolute Gasteiger partial charge is 0.461 e. The lowest BCUT2D eigenvalue weighted by molar-refractivity contribution is -0.121. The average molecular weight is 259 g/mol. The number of ketones is 1.